The van der Waals surface area contributed by atoms with Crippen LogP contribution in [0.2, 0.25) is 0 Å². The van der Waals surface area contributed by atoms with Crippen LogP contribution in [0.3, 0.4) is 0 Å². The van der Waals surface area contributed by atoms with Crippen LogP contribution in [0, 0.1) is 0 Å². The molecule has 1 atom stereocenters. The van der Waals surface area contributed by atoms with Gasteiger partial charge in [0.05, 0.1) is 0 Å². The van der Waals surface area contributed by atoms with Gasteiger partial charge in [0.1, 0.15) is 5.72 Å². The summed E-state index contributed by atoms with van der Waals surface area (Å²) in [5, 5.41) is 9.71. The summed E-state index contributed by atoms with van der Waals surface area (Å²) in [5.41, 5.74) is -0.739. The summed E-state index contributed by atoms with van der Waals surface area (Å²) in [6.45, 7) is 0.759. The molecule has 2 aliphatic heterocycles. The Kier molecular flexibility index (Phi) is 1.06. The zero-order chi connectivity index (χ0) is 7.19. The minimum Gasteiger partial charge on any atom is -0.371 e. The third-order valence-electron chi connectivity index (χ3n) is 2.50. The molecule has 0 saturated carbocycles. The van der Waals surface area contributed by atoms with Gasteiger partial charge in [0, 0.05) is 19.4 Å². The Morgan fingerprint density at radius 2 is 2.30 bits per heavy atom. The number of nitrogens with zero attached hydrogens (tertiary/aromatic N) is 1. The molecule has 2 heterocycles. The molecule has 1 N–H and O–H groups in total. The Balaban J connectivity index is 2.27. The summed E-state index contributed by atoms with van der Waals surface area (Å²) < 4.78 is 0. The molecule has 2 saturated heterocycles. The van der Waals surface area contributed by atoms with E-state index in [1.165, 1.54) is 0 Å². The van der Waals surface area contributed by atoms with Gasteiger partial charge in [-0.05, 0) is 12.8 Å². The first-order valence-corrected chi connectivity index (χ1v) is 3.75. The van der Waals surface area contributed by atoms with Crippen LogP contribution in [0.25, 0.3) is 0 Å². The second-order valence-electron chi connectivity index (χ2n) is 3.13. The lowest BCUT2D eigenvalue weighted by Crippen LogP contribution is -2.39. The lowest BCUT2D eigenvalue weighted by molar-refractivity contribution is -0.138. The van der Waals surface area contributed by atoms with E-state index in [0.717, 1.165) is 19.4 Å². The molecule has 3 nitrogen and oxygen atoms in total. The fraction of sp³-hybridized carbons (Fsp3) is 0.857. The second kappa shape index (κ2) is 1.72. The standard InChI is InChI=1S/C7H11NO2/c9-6-2-4-7(10)3-1-5-8(6)7/h10H,1-5H2. The molecule has 2 aliphatic rings. The van der Waals surface area contributed by atoms with Gasteiger partial charge in [-0.1, -0.05) is 0 Å². The Bertz CT molecular complexity index is 180. The molecule has 0 aromatic heterocycles. The molecule has 0 aromatic carbocycles. The normalized spacial score (nSPS) is 38.9. The number of hydrogen-bond acceptors (Lipinski definition) is 2. The highest BCUT2D eigenvalue weighted by molar-refractivity contribution is 5.79. The van der Waals surface area contributed by atoms with Crippen molar-refractivity contribution in [3.8, 4) is 0 Å². The van der Waals surface area contributed by atoms with Gasteiger partial charge in [0.2, 0.25) is 5.91 Å². The van der Waals surface area contributed by atoms with E-state index in [4.69, 9.17) is 0 Å². The molecule has 0 aliphatic carbocycles. The topological polar surface area (TPSA) is 40.5 Å². The van der Waals surface area contributed by atoms with Crippen LogP contribution in [0.5, 0.6) is 0 Å². The van der Waals surface area contributed by atoms with Crippen LogP contribution in [-0.2, 0) is 4.79 Å². The van der Waals surface area contributed by atoms with Crippen molar-refractivity contribution in [1.29, 1.82) is 0 Å². The van der Waals surface area contributed by atoms with Crippen LogP contribution in [0.4, 0.5) is 0 Å². The van der Waals surface area contributed by atoms with Crippen molar-refractivity contribution in [1.82, 2.24) is 4.90 Å². The maximum absolute atomic E-state index is 11.0. The molecular weight excluding hydrogens is 130 g/mol. The smallest absolute Gasteiger partial charge is 0.224 e. The number of fused-ring (bicyclic) bond motifs is 1. The molecule has 0 spiro atoms. The lowest BCUT2D eigenvalue weighted by Gasteiger charge is -2.24. The number of carbonyl (C=O) groups is 1. The van der Waals surface area contributed by atoms with Crippen LogP contribution >= 0.6 is 0 Å². The van der Waals surface area contributed by atoms with E-state index in [1.54, 1.807) is 4.90 Å². The number of hydrogen-bond donors (Lipinski definition) is 1. The van der Waals surface area contributed by atoms with Crippen molar-refractivity contribution in [3.63, 3.8) is 0 Å². The van der Waals surface area contributed by atoms with Crippen molar-refractivity contribution in [2.24, 2.45) is 0 Å². The zero-order valence-electron chi connectivity index (χ0n) is 5.84. The lowest BCUT2D eigenvalue weighted by atomic mass is 10.1. The quantitative estimate of drug-likeness (QED) is 0.519. The van der Waals surface area contributed by atoms with Gasteiger partial charge in [0.25, 0.3) is 0 Å². The SMILES string of the molecule is O=C1CCC2(O)CCCN12. The predicted molar refractivity (Wildman–Crippen MR) is 35.1 cm³/mol. The Hall–Kier alpha value is -0.570. The monoisotopic (exact) mass is 141 g/mol. The minimum absolute atomic E-state index is 0.125. The fourth-order valence-corrected chi connectivity index (χ4v) is 1.92. The molecule has 0 aromatic rings. The first-order chi connectivity index (χ1) is 4.72. The van der Waals surface area contributed by atoms with E-state index in [1.807, 2.05) is 0 Å². The molecular formula is C7H11NO2. The van der Waals surface area contributed by atoms with Crippen LogP contribution in [0.15, 0.2) is 0 Å². The fourth-order valence-electron chi connectivity index (χ4n) is 1.92. The van der Waals surface area contributed by atoms with Crippen molar-refractivity contribution >= 4 is 5.91 Å². The maximum Gasteiger partial charge on any atom is 0.224 e. The van der Waals surface area contributed by atoms with E-state index in [2.05, 4.69) is 0 Å². The van der Waals surface area contributed by atoms with Gasteiger partial charge >= 0.3 is 0 Å². The van der Waals surface area contributed by atoms with Crippen molar-refractivity contribution < 1.29 is 9.90 Å². The number of aliphatic hydroxyl groups is 1. The van der Waals surface area contributed by atoms with Gasteiger partial charge in [-0.15, -0.1) is 0 Å². The highest BCUT2D eigenvalue weighted by Gasteiger charge is 2.46. The molecule has 56 valence electrons. The van der Waals surface area contributed by atoms with Crippen LogP contribution in [0.1, 0.15) is 25.7 Å². The number of carbonyl (C=O) groups excluding carboxylic acids is 1. The summed E-state index contributed by atoms with van der Waals surface area (Å²) in [6, 6.07) is 0. The highest BCUT2D eigenvalue weighted by Crippen LogP contribution is 2.36. The zero-order valence-corrected chi connectivity index (χ0v) is 5.84. The summed E-state index contributed by atoms with van der Waals surface area (Å²) in [7, 11) is 0. The first kappa shape index (κ1) is 6.16. The molecule has 1 amide bonds. The molecule has 2 fully saturated rings. The van der Waals surface area contributed by atoms with Gasteiger partial charge in [-0.25, -0.2) is 0 Å². The van der Waals surface area contributed by atoms with E-state index >= 15 is 0 Å². The molecule has 2 rings (SSSR count). The minimum atomic E-state index is -0.739. The largest absolute Gasteiger partial charge is 0.371 e. The predicted octanol–water partition coefficient (Wildman–Crippen LogP) is 0.0912. The highest BCUT2D eigenvalue weighted by atomic mass is 16.3. The van der Waals surface area contributed by atoms with E-state index in [0.29, 0.717) is 12.8 Å². The molecule has 3 heteroatoms. The van der Waals surface area contributed by atoms with E-state index < -0.39 is 5.72 Å². The van der Waals surface area contributed by atoms with Crippen molar-refractivity contribution in [2.45, 2.75) is 31.4 Å². The number of rotatable bonds is 0. The van der Waals surface area contributed by atoms with Crippen LogP contribution < -0.4 is 0 Å². The summed E-state index contributed by atoms with van der Waals surface area (Å²) >= 11 is 0. The van der Waals surface area contributed by atoms with Gasteiger partial charge in [-0.2, -0.15) is 0 Å². The molecule has 1 unspecified atom stereocenters. The van der Waals surface area contributed by atoms with Gasteiger partial charge in [-0.3, -0.25) is 4.79 Å². The summed E-state index contributed by atoms with van der Waals surface area (Å²) in [5.74, 6) is 0.125. The molecule has 0 bridgehead atoms. The first-order valence-electron chi connectivity index (χ1n) is 3.75. The molecule has 10 heavy (non-hydrogen) atoms. The third kappa shape index (κ3) is 0.611. The van der Waals surface area contributed by atoms with Gasteiger partial charge in [0.15, 0.2) is 0 Å². The third-order valence-corrected chi connectivity index (χ3v) is 2.50. The summed E-state index contributed by atoms with van der Waals surface area (Å²) in [6.07, 6.45) is 2.92. The van der Waals surface area contributed by atoms with E-state index in [-0.39, 0.29) is 5.91 Å². The van der Waals surface area contributed by atoms with Gasteiger partial charge < -0.3 is 10.0 Å². The van der Waals surface area contributed by atoms with Crippen LogP contribution in [-0.4, -0.2) is 28.2 Å². The summed E-state index contributed by atoms with van der Waals surface area (Å²) in [4.78, 5) is 12.6. The second-order valence-corrected chi connectivity index (χ2v) is 3.13. The average molecular weight is 141 g/mol. The Morgan fingerprint density at radius 3 is 3.00 bits per heavy atom. The maximum atomic E-state index is 11.0. The van der Waals surface area contributed by atoms with Crippen molar-refractivity contribution in [2.75, 3.05) is 6.54 Å². The Morgan fingerprint density at radius 1 is 1.50 bits per heavy atom. The number of amides is 1. The van der Waals surface area contributed by atoms with Crippen molar-refractivity contribution in [3.05, 3.63) is 0 Å². The van der Waals surface area contributed by atoms with E-state index in [9.17, 15) is 9.90 Å². The molecule has 0 radical (unpaired) electrons. The average Bonchev–Trinajstić information content (AvgIpc) is 2.35. The Labute approximate surface area is 59.6 Å².